The molecule has 0 saturated carbocycles. The van der Waals surface area contributed by atoms with Gasteiger partial charge in [0.1, 0.15) is 0 Å². The number of carbonyl (C=O) groups is 2. The topological polar surface area (TPSA) is 80.8 Å². The fourth-order valence-electron chi connectivity index (χ4n) is 4.08. The van der Waals surface area contributed by atoms with E-state index in [1.54, 1.807) is 4.90 Å². The van der Waals surface area contributed by atoms with Gasteiger partial charge >= 0.3 is 5.97 Å². The van der Waals surface area contributed by atoms with E-state index in [9.17, 15) is 18.0 Å². The molecular formula is C22H33NO5S. The molecule has 1 aliphatic rings. The molecule has 0 spiro atoms. The van der Waals surface area contributed by atoms with Gasteiger partial charge in [0.05, 0.1) is 17.1 Å². The number of benzene rings is 1. The van der Waals surface area contributed by atoms with Crippen molar-refractivity contribution in [3.8, 4) is 0 Å². The monoisotopic (exact) mass is 423 g/mol. The summed E-state index contributed by atoms with van der Waals surface area (Å²) in [6.45, 7) is 13.2. The Balaban J connectivity index is 2.19. The molecule has 0 N–H and O–H groups in total. The number of sulfone groups is 1. The van der Waals surface area contributed by atoms with E-state index in [1.807, 2.05) is 48.5 Å². The van der Waals surface area contributed by atoms with Crippen LogP contribution in [0.2, 0.25) is 0 Å². The predicted octanol–water partition coefficient (Wildman–Crippen LogP) is 3.20. The third-order valence-electron chi connectivity index (χ3n) is 6.49. The summed E-state index contributed by atoms with van der Waals surface area (Å²) in [7, 11) is -3.12. The van der Waals surface area contributed by atoms with Gasteiger partial charge in [0.2, 0.25) is 0 Å². The number of hydrogen-bond donors (Lipinski definition) is 0. The Morgan fingerprint density at radius 3 is 2.00 bits per heavy atom. The number of amides is 1. The van der Waals surface area contributed by atoms with Gasteiger partial charge in [0.25, 0.3) is 5.91 Å². The molecule has 162 valence electrons. The maximum atomic E-state index is 12.9. The van der Waals surface area contributed by atoms with Crippen molar-refractivity contribution in [1.29, 1.82) is 0 Å². The Morgan fingerprint density at radius 2 is 1.55 bits per heavy atom. The van der Waals surface area contributed by atoms with Crippen LogP contribution in [0.5, 0.6) is 0 Å². The summed E-state index contributed by atoms with van der Waals surface area (Å²) < 4.78 is 29.2. The molecule has 1 aliphatic heterocycles. The first-order valence-electron chi connectivity index (χ1n) is 10.2. The van der Waals surface area contributed by atoms with E-state index in [1.165, 1.54) is 0 Å². The number of rotatable bonds is 6. The highest BCUT2D eigenvalue weighted by molar-refractivity contribution is 7.91. The van der Waals surface area contributed by atoms with Gasteiger partial charge in [0.15, 0.2) is 16.4 Å². The van der Waals surface area contributed by atoms with Crippen LogP contribution in [-0.2, 0) is 19.4 Å². The van der Waals surface area contributed by atoms with Crippen molar-refractivity contribution in [3.63, 3.8) is 0 Å². The van der Waals surface area contributed by atoms with Crippen molar-refractivity contribution in [2.75, 3.05) is 18.1 Å². The largest absolute Gasteiger partial charge is 0.452 e. The van der Waals surface area contributed by atoms with E-state index < -0.39 is 15.8 Å². The lowest BCUT2D eigenvalue weighted by molar-refractivity contribution is -0.138. The number of ether oxygens (including phenoxy) is 1. The van der Waals surface area contributed by atoms with Crippen LogP contribution in [-0.4, -0.2) is 55.4 Å². The van der Waals surface area contributed by atoms with Crippen LogP contribution < -0.4 is 0 Å². The average molecular weight is 424 g/mol. The molecule has 0 bridgehead atoms. The normalized spacial score (nSPS) is 19.1. The summed E-state index contributed by atoms with van der Waals surface area (Å²) in [6.07, 6.45) is 1.13. The molecule has 0 aromatic heterocycles. The molecule has 1 heterocycles. The number of carbonyl (C=O) groups excluding carboxylic acids is 2. The lowest BCUT2D eigenvalue weighted by atomic mass is 9.90. The predicted molar refractivity (Wildman–Crippen MR) is 114 cm³/mol. The first kappa shape index (κ1) is 23.4. The molecule has 29 heavy (non-hydrogen) atoms. The van der Waals surface area contributed by atoms with Crippen molar-refractivity contribution >= 4 is 21.7 Å². The summed E-state index contributed by atoms with van der Waals surface area (Å²) in [5.41, 5.74) is 5.48. The molecule has 0 unspecified atom stereocenters. The lowest BCUT2D eigenvalue weighted by Crippen LogP contribution is -2.48. The first-order valence-corrected chi connectivity index (χ1v) is 12.0. The van der Waals surface area contributed by atoms with Crippen LogP contribution in [0, 0.1) is 34.6 Å². The fraction of sp³-hybridized carbons (Fsp3) is 0.636. The summed E-state index contributed by atoms with van der Waals surface area (Å²) in [5.74, 6) is -0.780. The van der Waals surface area contributed by atoms with Crippen LogP contribution in [0.1, 0.15) is 64.9 Å². The molecule has 2 atom stereocenters. The highest BCUT2D eigenvalue weighted by Gasteiger charge is 2.37. The molecule has 1 saturated heterocycles. The SMILES string of the molecule is CC[C@@H](C)N(C(=O)COC(=O)c1c(C)c(C)c(C)c(C)c1C)[C@H]1CCS(=O)(=O)C1. The number of esters is 1. The second-order valence-electron chi connectivity index (χ2n) is 8.19. The number of hydrogen-bond acceptors (Lipinski definition) is 5. The Morgan fingerprint density at radius 1 is 1.03 bits per heavy atom. The summed E-state index contributed by atoms with van der Waals surface area (Å²) >= 11 is 0. The number of nitrogens with zero attached hydrogens (tertiary/aromatic N) is 1. The molecule has 1 fully saturated rings. The smallest absolute Gasteiger partial charge is 0.339 e. The third-order valence-corrected chi connectivity index (χ3v) is 8.24. The van der Waals surface area contributed by atoms with E-state index in [0.717, 1.165) is 27.8 Å². The average Bonchev–Trinajstić information content (AvgIpc) is 3.02. The Bertz CT molecular complexity index is 891. The molecule has 2 rings (SSSR count). The van der Waals surface area contributed by atoms with Crippen molar-refractivity contribution in [2.45, 2.75) is 73.4 Å². The zero-order valence-corrected chi connectivity index (χ0v) is 19.4. The van der Waals surface area contributed by atoms with Crippen molar-refractivity contribution in [2.24, 2.45) is 0 Å². The summed E-state index contributed by atoms with van der Waals surface area (Å²) in [5, 5.41) is 0. The summed E-state index contributed by atoms with van der Waals surface area (Å²) in [4.78, 5) is 27.3. The second-order valence-corrected chi connectivity index (χ2v) is 10.4. The standard InChI is InChI=1S/C22H33NO5S/c1-8-13(2)23(19-9-10-29(26,27)12-19)20(24)11-28-22(25)21-17(6)15(4)14(3)16(5)18(21)7/h13,19H,8-12H2,1-7H3/t13-,19+/m1/s1. The van der Waals surface area contributed by atoms with Gasteiger partial charge in [-0.3, -0.25) is 4.79 Å². The van der Waals surface area contributed by atoms with E-state index >= 15 is 0 Å². The minimum atomic E-state index is -3.12. The van der Waals surface area contributed by atoms with Crippen LogP contribution in [0.15, 0.2) is 0 Å². The van der Waals surface area contributed by atoms with Gasteiger partial charge in [-0.1, -0.05) is 6.92 Å². The van der Waals surface area contributed by atoms with Crippen LogP contribution in [0.25, 0.3) is 0 Å². The van der Waals surface area contributed by atoms with Crippen molar-refractivity contribution < 1.29 is 22.7 Å². The van der Waals surface area contributed by atoms with E-state index in [-0.39, 0.29) is 36.1 Å². The van der Waals surface area contributed by atoms with Crippen LogP contribution in [0.3, 0.4) is 0 Å². The molecule has 1 aromatic rings. The van der Waals surface area contributed by atoms with Gasteiger partial charge in [-0.15, -0.1) is 0 Å². The van der Waals surface area contributed by atoms with Crippen molar-refractivity contribution in [3.05, 3.63) is 33.4 Å². The molecular weight excluding hydrogens is 390 g/mol. The Labute approximate surface area is 174 Å². The van der Waals surface area contributed by atoms with Crippen LogP contribution >= 0.6 is 0 Å². The second kappa shape index (κ2) is 8.86. The van der Waals surface area contributed by atoms with Gasteiger partial charge in [-0.25, -0.2) is 13.2 Å². The van der Waals surface area contributed by atoms with Gasteiger partial charge in [-0.05, 0) is 82.2 Å². The zero-order chi connectivity index (χ0) is 22.1. The molecule has 0 radical (unpaired) electrons. The quantitative estimate of drug-likeness (QED) is 0.657. The highest BCUT2D eigenvalue weighted by Crippen LogP contribution is 2.27. The van der Waals surface area contributed by atoms with E-state index in [4.69, 9.17) is 4.74 Å². The molecule has 7 heteroatoms. The minimum absolute atomic E-state index is 0.0222. The van der Waals surface area contributed by atoms with Crippen molar-refractivity contribution in [1.82, 2.24) is 4.90 Å². The summed E-state index contributed by atoms with van der Waals surface area (Å²) in [6, 6.07) is -0.472. The van der Waals surface area contributed by atoms with Gasteiger partial charge in [-0.2, -0.15) is 0 Å². The van der Waals surface area contributed by atoms with E-state index in [0.29, 0.717) is 18.4 Å². The molecule has 1 aromatic carbocycles. The van der Waals surface area contributed by atoms with Gasteiger partial charge < -0.3 is 9.64 Å². The maximum absolute atomic E-state index is 12.9. The fourth-order valence-corrected chi connectivity index (χ4v) is 5.79. The Hall–Kier alpha value is -1.89. The third kappa shape index (κ3) is 4.82. The maximum Gasteiger partial charge on any atom is 0.339 e. The Kier molecular flexibility index (Phi) is 7.14. The molecule has 1 amide bonds. The molecule has 0 aliphatic carbocycles. The first-order chi connectivity index (χ1) is 13.4. The minimum Gasteiger partial charge on any atom is -0.452 e. The van der Waals surface area contributed by atoms with Crippen LogP contribution in [0.4, 0.5) is 0 Å². The zero-order valence-electron chi connectivity index (χ0n) is 18.6. The van der Waals surface area contributed by atoms with Gasteiger partial charge in [0, 0.05) is 12.1 Å². The molecule has 6 nitrogen and oxygen atoms in total. The lowest BCUT2D eigenvalue weighted by Gasteiger charge is -2.33. The highest BCUT2D eigenvalue weighted by atomic mass is 32.2. The van der Waals surface area contributed by atoms with E-state index in [2.05, 4.69) is 0 Å².